The van der Waals surface area contributed by atoms with Gasteiger partial charge in [0.1, 0.15) is 23.1 Å². The molecule has 0 bridgehead atoms. The quantitative estimate of drug-likeness (QED) is 0.604. The first kappa shape index (κ1) is 25.0. The standard InChI is InChI=1S/C24H32N2O6/c1-16(31-15-17-10-8-7-9-11-17)21(26-23(28)32-24(2,3)4)22(27)25-19-14-18(29-5)12-13-20(19)30-6/h7-14,16,21H,15H2,1-6H3,(H,25,27)(H,26,28)/t16-,21+/m1/s1. The van der Waals surface area contributed by atoms with Crippen LogP contribution in [0.15, 0.2) is 48.5 Å². The molecule has 2 N–H and O–H groups in total. The number of benzene rings is 2. The van der Waals surface area contributed by atoms with Crippen LogP contribution in [0.25, 0.3) is 0 Å². The number of anilines is 1. The smallest absolute Gasteiger partial charge is 0.408 e. The van der Waals surface area contributed by atoms with Crippen LogP contribution in [0.3, 0.4) is 0 Å². The molecule has 174 valence electrons. The van der Waals surface area contributed by atoms with E-state index < -0.39 is 29.7 Å². The summed E-state index contributed by atoms with van der Waals surface area (Å²) in [6.07, 6.45) is -1.37. The second kappa shape index (κ2) is 11.4. The molecule has 0 aromatic heterocycles. The Hall–Kier alpha value is -3.26. The first-order valence-electron chi connectivity index (χ1n) is 10.3. The van der Waals surface area contributed by atoms with Crippen LogP contribution < -0.4 is 20.1 Å². The molecule has 8 heteroatoms. The van der Waals surface area contributed by atoms with Crippen molar-refractivity contribution in [2.24, 2.45) is 0 Å². The van der Waals surface area contributed by atoms with Gasteiger partial charge in [0.25, 0.3) is 0 Å². The third-order valence-corrected chi connectivity index (χ3v) is 4.44. The van der Waals surface area contributed by atoms with Crippen molar-refractivity contribution in [2.45, 2.75) is 52.0 Å². The van der Waals surface area contributed by atoms with Gasteiger partial charge in [-0.3, -0.25) is 4.79 Å². The highest BCUT2D eigenvalue weighted by molar-refractivity contribution is 5.98. The van der Waals surface area contributed by atoms with Crippen molar-refractivity contribution < 1.29 is 28.5 Å². The summed E-state index contributed by atoms with van der Waals surface area (Å²) in [5.74, 6) is 0.516. The Kier molecular flexibility index (Phi) is 8.90. The lowest BCUT2D eigenvalue weighted by atomic mass is 10.1. The predicted molar refractivity (Wildman–Crippen MR) is 122 cm³/mol. The second-order valence-corrected chi connectivity index (χ2v) is 8.18. The number of ether oxygens (including phenoxy) is 4. The lowest BCUT2D eigenvalue weighted by Gasteiger charge is -2.27. The number of amides is 2. The first-order chi connectivity index (χ1) is 15.1. The van der Waals surface area contributed by atoms with E-state index in [1.54, 1.807) is 45.9 Å². The number of nitrogens with one attached hydrogen (secondary N) is 2. The summed E-state index contributed by atoms with van der Waals surface area (Å²) in [5.41, 5.74) is 0.642. The van der Waals surface area contributed by atoms with Gasteiger partial charge in [0.2, 0.25) is 5.91 Å². The minimum atomic E-state index is -1.02. The molecule has 2 amide bonds. The average molecular weight is 445 g/mol. The van der Waals surface area contributed by atoms with Crippen molar-refractivity contribution >= 4 is 17.7 Å². The molecule has 32 heavy (non-hydrogen) atoms. The number of rotatable bonds is 9. The topological polar surface area (TPSA) is 95.1 Å². The second-order valence-electron chi connectivity index (χ2n) is 8.18. The molecule has 0 aliphatic rings. The fourth-order valence-electron chi connectivity index (χ4n) is 2.85. The maximum Gasteiger partial charge on any atom is 0.408 e. The lowest BCUT2D eigenvalue weighted by Crippen LogP contribution is -2.52. The molecule has 0 saturated carbocycles. The summed E-state index contributed by atoms with van der Waals surface area (Å²) in [7, 11) is 3.03. The van der Waals surface area contributed by atoms with Gasteiger partial charge in [0.05, 0.1) is 32.6 Å². The van der Waals surface area contributed by atoms with Crippen molar-refractivity contribution in [1.82, 2.24) is 5.32 Å². The average Bonchev–Trinajstić information content (AvgIpc) is 2.75. The monoisotopic (exact) mass is 444 g/mol. The highest BCUT2D eigenvalue weighted by atomic mass is 16.6. The van der Waals surface area contributed by atoms with Crippen LogP contribution in [0, 0.1) is 0 Å². The van der Waals surface area contributed by atoms with E-state index in [0.29, 0.717) is 17.2 Å². The van der Waals surface area contributed by atoms with Crippen LogP contribution in [0.2, 0.25) is 0 Å². The molecule has 0 unspecified atom stereocenters. The number of carbonyl (C=O) groups excluding carboxylic acids is 2. The van der Waals surface area contributed by atoms with Gasteiger partial charge in [-0.2, -0.15) is 0 Å². The minimum absolute atomic E-state index is 0.282. The first-order valence-corrected chi connectivity index (χ1v) is 10.3. The number of methoxy groups -OCH3 is 2. The zero-order chi connectivity index (χ0) is 23.7. The molecule has 2 aromatic carbocycles. The van der Waals surface area contributed by atoms with E-state index in [0.717, 1.165) is 5.56 Å². The molecule has 2 aromatic rings. The minimum Gasteiger partial charge on any atom is -0.497 e. The van der Waals surface area contributed by atoms with E-state index in [9.17, 15) is 9.59 Å². The molecule has 0 radical (unpaired) electrons. The van der Waals surface area contributed by atoms with E-state index in [2.05, 4.69) is 10.6 Å². The van der Waals surface area contributed by atoms with E-state index in [1.807, 2.05) is 30.3 Å². The number of carbonyl (C=O) groups is 2. The van der Waals surface area contributed by atoms with Crippen LogP contribution in [0.4, 0.5) is 10.5 Å². The molecule has 0 aliphatic heterocycles. The van der Waals surface area contributed by atoms with Gasteiger partial charge in [0, 0.05) is 6.07 Å². The number of hydrogen-bond donors (Lipinski definition) is 2. The van der Waals surface area contributed by atoms with Gasteiger partial charge in [0.15, 0.2) is 0 Å². The van der Waals surface area contributed by atoms with Gasteiger partial charge in [-0.25, -0.2) is 4.79 Å². The molecule has 2 atom stereocenters. The van der Waals surface area contributed by atoms with E-state index in [1.165, 1.54) is 14.2 Å². The van der Waals surface area contributed by atoms with Gasteiger partial charge < -0.3 is 29.6 Å². The Balaban J connectivity index is 2.20. The van der Waals surface area contributed by atoms with Crippen LogP contribution in [0.5, 0.6) is 11.5 Å². The summed E-state index contributed by atoms with van der Waals surface area (Å²) >= 11 is 0. The zero-order valence-electron chi connectivity index (χ0n) is 19.4. The SMILES string of the molecule is COc1ccc(OC)c(NC(=O)[C@@H](NC(=O)OC(C)(C)C)[C@@H](C)OCc2ccccc2)c1. The molecular weight excluding hydrogens is 412 g/mol. The normalized spacial score (nSPS) is 12.9. The molecule has 0 heterocycles. The molecule has 0 aliphatic carbocycles. The van der Waals surface area contributed by atoms with Gasteiger partial charge in [-0.05, 0) is 45.4 Å². The number of alkyl carbamates (subject to hydrolysis) is 1. The van der Waals surface area contributed by atoms with Crippen LogP contribution in [-0.4, -0.2) is 44.0 Å². The van der Waals surface area contributed by atoms with Crippen LogP contribution >= 0.6 is 0 Å². The number of hydrogen-bond acceptors (Lipinski definition) is 6. The summed E-state index contributed by atoms with van der Waals surface area (Å²) in [6, 6.07) is 13.6. The van der Waals surface area contributed by atoms with Crippen molar-refractivity contribution in [3.8, 4) is 11.5 Å². The molecular formula is C24H32N2O6. The molecule has 0 fully saturated rings. The zero-order valence-corrected chi connectivity index (χ0v) is 19.4. The predicted octanol–water partition coefficient (Wildman–Crippen LogP) is 4.14. The summed E-state index contributed by atoms with van der Waals surface area (Å²) in [6.45, 7) is 7.24. The Bertz CT molecular complexity index is 895. The van der Waals surface area contributed by atoms with E-state index in [4.69, 9.17) is 18.9 Å². The fourth-order valence-corrected chi connectivity index (χ4v) is 2.85. The maximum absolute atomic E-state index is 13.2. The Morgan fingerprint density at radius 1 is 1.00 bits per heavy atom. The van der Waals surface area contributed by atoms with E-state index >= 15 is 0 Å². The van der Waals surface area contributed by atoms with Gasteiger partial charge in [-0.15, -0.1) is 0 Å². The van der Waals surface area contributed by atoms with Crippen molar-refractivity contribution in [3.63, 3.8) is 0 Å². The lowest BCUT2D eigenvalue weighted by molar-refractivity contribution is -0.122. The highest BCUT2D eigenvalue weighted by Gasteiger charge is 2.30. The molecule has 8 nitrogen and oxygen atoms in total. The maximum atomic E-state index is 13.2. The Morgan fingerprint density at radius 2 is 1.69 bits per heavy atom. The Labute approximate surface area is 189 Å². The van der Waals surface area contributed by atoms with Crippen molar-refractivity contribution in [3.05, 3.63) is 54.1 Å². The highest BCUT2D eigenvalue weighted by Crippen LogP contribution is 2.29. The summed E-state index contributed by atoms with van der Waals surface area (Å²) in [4.78, 5) is 25.6. The Morgan fingerprint density at radius 3 is 2.28 bits per heavy atom. The van der Waals surface area contributed by atoms with Crippen molar-refractivity contribution in [1.29, 1.82) is 0 Å². The molecule has 0 saturated heterocycles. The summed E-state index contributed by atoms with van der Waals surface area (Å²) < 4.78 is 21.8. The van der Waals surface area contributed by atoms with Gasteiger partial charge in [-0.1, -0.05) is 30.3 Å². The molecule has 2 rings (SSSR count). The van der Waals surface area contributed by atoms with Gasteiger partial charge >= 0.3 is 6.09 Å². The molecule has 0 spiro atoms. The summed E-state index contributed by atoms with van der Waals surface area (Å²) in [5, 5.41) is 5.41. The van der Waals surface area contributed by atoms with Crippen molar-refractivity contribution in [2.75, 3.05) is 19.5 Å². The van der Waals surface area contributed by atoms with Crippen LogP contribution in [0.1, 0.15) is 33.3 Å². The third kappa shape index (κ3) is 7.77. The fraction of sp³-hybridized carbons (Fsp3) is 0.417. The van der Waals surface area contributed by atoms with E-state index in [-0.39, 0.29) is 6.61 Å². The van der Waals surface area contributed by atoms with Crippen LogP contribution in [-0.2, 0) is 20.9 Å². The third-order valence-electron chi connectivity index (χ3n) is 4.44. The largest absolute Gasteiger partial charge is 0.497 e.